The van der Waals surface area contributed by atoms with E-state index in [9.17, 15) is 4.39 Å². The van der Waals surface area contributed by atoms with Gasteiger partial charge in [-0.1, -0.05) is 0 Å². The third-order valence-corrected chi connectivity index (χ3v) is 1.43. The summed E-state index contributed by atoms with van der Waals surface area (Å²) >= 11 is 0. The average molecular weight is 152 g/mol. The number of hydrogen-bond donors (Lipinski definition) is 3. The van der Waals surface area contributed by atoms with Crippen LogP contribution in [0.4, 0.5) is 4.39 Å². The van der Waals surface area contributed by atoms with E-state index in [1.807, 2.05) is 0 Å². The molecule has 1 aliphatic rings. The maximum absolute atomic E-state index is 12.4. The van der Waals surface area contributed by atoms with Crippen molar-refractivity contribution in [3.05, 3.63) is 0 Å². The number of halogens is 1. The van der Waals surface area contributed by atoms with Crippen LogP contribution in [0.5, 0.6) is 0 Å². The maximum atomic E-state index is 12.4. The first kappa shape index (κ1) is 7.87. The van der Waals surface area contributed by atoms with Crippen molar-refractivity contribution in [2.75, 3.05) is 6.61 Å². The van der Waals surface area contributed by atoms with Crippen molar-refractivity contribution in [2.24, 2.45) is 0 Å². The van der Waals surface area contributed by atoms with E-state index in [4.69, 9.17) is 15.3 Å². The molecular formula is C5H9FO4. The van der Waals surface area contributed by atoms with Gasteiger partial charge in [0, 0.05) is 0 Å². The molecular weight excluding hydrogens is 143 g/mol. The standard InChI is InChI=1S/C5H9FO4/c6-3-4(8)2(7)1-10-5(3)9/h2-5,7-9H,1H2/t2-,3-,4+,5?/m1/s1. The molecule has 0 aromatic rings. The Balaban J connectivity index is 2.52. The summed E-state index contributed by atoms with van der Waals surface area (Å²) in [5, 5.41) is 26.1. The molecule has 60 valence electrons. The first-order valence-corrected chi connectivity index (χ1v) is 2.93. The van der Waals surface area contributed by atoms with Crippen molar-refractivity contribution in [3.8, 4) is 0 Å². The Hall–Kier alpha value is -0.230. The third-order valence-electron chi connectivity index (χ3n) is 1.43. The van der Waals surface area contributed by atoms with Crippen LogP contribution in [-0.2, 0) is 4.74 Å². The van der Waals surface area contributed by atoms with Crippen molar-refractivity contribution in [1.29, 1.82) is 0 Å². The Bertz CT molecular complexity index is 106. The molecule has 1 rings (SSSR count). The van der Waals surface area contributed by atoms with Crippen LogP contribution < -0.4 is 0 Å². The van der Waals surface area contributed by atoms with Gasteiger partial charge in [0.2, 0.25) is 0 Å². The SMILES string of the molecule is OC1OC[C@@H](O)[C@H](O)[C@H]1F. The van der Waals surface area contributed by atoms with Crippen molar-refractivity contribution < 1.29 is 24.4 Å². The summed E-state index contributed by atoms with van der Waals surface area (Å²) < 4.78 is 16.8. The van der Waals surface area contributed by atoms with E-state index in [-0.39, 0.29) is 6.61 Å². The van der Waals surface area contributed by atoms with Gasteiger partial charge in [-0.3, -0.25) is 0 Å². The predicted octanol–water partition coefficient (Wildman–Crippen LogP) is -1.61. The number of aliphatic hydroxyl groups is 3. The molecule has 0 spiro atoms. The number of hydrogen-bond acceptors (Lipinski definition) is 4. The minimum absolute atomic E-state index is 0.233. The van der Waals surface area contributed by atoms with Gasteiger partial charge in [0.05, 0.1) is 6.61 Å². The quantitative estimate of drug-likeness (QED) is 0.391. The topological polar surface area (TPSA) is 69.9 Å². The number of rotatable bonds is 0. The minimum atomic E-state index is -1.91. The monoisotopic (exact) mass is 152 g/mol. The molecule has 1 heterocycles. The zero-order valence-corrected chi connectivity index (χ0v) is 5.14. The Morgan fingerprint density at radius 1 is 1.30 bits per heavy atom. The first-order chi connectivity index (χ1) is 4.63. The summed E-state index contributed by atoms with van der Waals surface area (Å²) in [6, 6.07) is 0. The Kier molecular flexibility index (Phi) is 2.20. The fourth-order valence-corrected chi connectivity index (χ4v) is 0.769. The predicted molar refractivity (Wildman–Crippen MR) is 28.9 cm³/mol. The van der Waals surface area contributed by atoms with E-state index < -0.39 is 24.7 Å². The first-order valence-electron chi connectivity index (χ1n) is 2.93. The van der Waals surface area contributed by atoms with Crippen LogP contribution in [0.3, 0.4) is 0 Å². The Morgan fingerprint density at radius 2 is 1.90 bits per heavy atom. The Morgan fingerprint density at radius 3 is 2.40 bits per heavy atom. The minimum Gasteiger partial charge on any atom is -0.388 e. The lowest BCUT2D eigenvalue weighted by atomic mass is 10.1. The van der Waals surface area contributed by atoms with E-state index in [0.717, 1.165) is 0 Å². The zero-order chi connectivity index (χ0) is 7.72. The van der Waals surface area contributed by atoms with Gasteiger partial charge >= 0.3 is 0 Å². The molecule has 0 saturated carbocycles. The second kappa shape index (κ2) is 2.79. The Labute approximate surface area is 56.9 Å². The summed E-state index contributed by atoms with van der Waals surface area (Å²) in [6.45, 7) is -0.233. The lowest BCUT2D eigenvalue weighted by Gasteiger charge is -2.30. The molecule has 0 aromatic heterocycles. The lowest BCUT2D eigenvalue weighted by Crippen LogP contribution is -2.50. The third kappa shape index (κ3) is 1.27. The molecule has 5 heteroatoms. The van der Waals surface area contributed by atoms with Crippen LogP contribution in [0.1, 0.15) is 0 Å². The molecule has 1 aliphatic heterocycles. The van der Waals surface area contributed by atoms with Crippen LogP contribution in [0.2, 0.25) is 0 Å². The molecule has 3 N–H and O–H groups in total. The van der Waals surface area contributed by atoms with Crippen LogP contribution in [0, 0.1) is 0 Å². The molecule has 1 saturated heterocycles. The molecule has 0 bridgehead atoms. The summed E-state index contributed by atoms with van der Waals surface area (Å²) in [7, 11) is 0. The largest absolute Gasteiger partial charge is 0.388 e. The van der Waals surface area contributed by atoms with E-state index in [0.29, 0.717) is 0 Å². The molecule has 0 amide bonds. The van der Waals surface area contributed by atoms with Gasteiger partial charge in [0.25, 0.3) is 0 Å². The van der Waals surface area contributed by atoms with Crippen LogP contribution in [0.15, 0.2) is 0 Å². The maximum Gasteiger partial charge on any atom is 0.189 e. The summed E-state index contributed by atoms with van der Waals surface area (Å²) in [6.07, 6.45) is -6.30. The molecule has 4 atom stereocenters. The van der Waals surface area contributed by atoms with Gasteiger partial charge in [0.1, 0.15) is 12.2 Å². The number of aliphatic hydroxyl groups excluding tert-OH is 3. The van der Waals surface area contributed by atoms with Crippen LogP contribution in [-0.4, -0.2) is 46.6 Å². The van der Waals surface area contributed by atoms with E-state index in [1.54, 1.807) is 0 Å². The second-order valence-corrected chi connectivity index (χ2v) is 2.23. The smallest absolute Gasteiger partial charge is 0.189 e. The van der Waals surface area contributed by atoms with Gasteiger partial charge in [-0.05, 0) is 0 Å². The van der Waals surface area contributed by atoms with Gasteiger partial charge in [-0.2, -0.15) is 0 Å². The molecule has 4 nitrogen and oxygen atoms in total. The highest BCUT2D eigenvalue weighted by molar-refractivity contribution is 4.81. The summed E-state index contributed by atoms with van der Waals surface area (Å²) in [5.74, 6) is 0. The summed E-state index contributed by atoms with van der Waals surface area (Å²) in [4.78, 5) is 0. The van der Waals surface area contributed by atoms with E-state index in [1.165, 1.54) is 0 Å². The molecule has 1 unspecified atom stereocenters. The number of ether oxygens (including phenoxy) is 1. The highest BCUT2D eigenvalue weighted by Crippen LogP contribution is 2.16. The van der Waals surface area contributed by atoms with E-state index >= 15 is 0 Å². The van der Waals surface area contributed by atoms with Crippen LogP contribution >= 0.6 is 0 Å². The normalized spacial score (nSPS) is 49.2. The van der Waals surface area contributed by atoms with Gasteiger partial charge in [-0.25, -0.2) is 4.39 Å². The lowest BCUT2D eigenvalue weighted by molar-refractivity contribution is -0.233. The molecule has 10 heavy (non-hydrogen) atoms. The van der Waals surface area contributed by atoms with Crippen molar-refractivity contribution in [3.63, 3.8) is 0 Å². The molecule has 0 aromatic carbocycles. The molecule has 0 radical (unpaired) electrons. The van der Waals surface area contributed by atoms with Crippen molar-refractivity contribution >= 4 is 0 Å². The second-order valence-electron chi connectivity index (χ2n) is 2.23. The highest BCUT2D eigenvalue weighted by atomic mass is 19.1. The average Bonchev–Trinajstić information content (AvgIpc) is 1.93. The molecule has 1 fully saturated rings. The van der Waals surface area contributed by atoms with Gasteiger partial charge in [0.15, 0.2) is 12.5 Å². The van der Waals surface area contributed by atoms with Crippen molar-refractivity contribution in [2.45, 2.75) is 24.7 Å². The fourth-order valence-electron chi connectivity index (χ4n) is 0.769. The van der Waals surface area contributed by atoms with Crippen LogP contribution in [0.25, 0.3) is 0 Å². The summed E-state index contributed by atoms with van der Waals surface area (Å²) in [5.41, 5.74) is 0. The van der Waals surface area contributed by atoms with Crippen molar-refractivity contribution in [1.82, 2.24) is 0 Å². The fraction of sp³-hybridized carbons (Fsp3) is 1.00. The molecule has 0 aliphatic carbocycles. The number of alkyl halides is 1. The highest BCUT2D eigenvalue weighted by Gasteiger charge is 2.37. The van der Waals surface area contributed by atoms with Gasteiger partial charge in [-0.15, -0.1) is 0 Å². The van der Waals surface area contributed by atoms with Gasteiger partial charge < -0.3 is 20.1 Å². The van der Waals surface area contributed by atoms with E-state index in [2.05, 4.69) is 4.74 Å². The zero-order valence-electron chi connectivity index (χ0n) is 5.14.